The second kappa shape index (κ2) is 10.2. The van der Waals surface area contributed by atoms with Gasteiger partial charge in [-0.15, -0.1) is 0 Å². The highest BCUT2D eigenvalue weighted by atomic mass is 19.2. The fraction of sp³-hybridized carbons (Fsp3) is 0.538. The minimum absolute atomic E-state index is 0.0690. The Kier molecular flexibility index (Phi) is 7.27. The second-order valence-electron chi connectivity index (χ2n) is 9.85. The van der Waals surface area contributed by atoms with Gasteiger partial charge in [0.2, 0.25) is 11.5 Å². The highest BCUT2D eigenvalue weighted by molar-refractivity contribution is 5.95. The summed E-state index contributed by atoms with van der Waals surface area (Å²) in [6.45, 7) is 0.645. The predicted octanol–water partition coefficient (Wildman–Crippen LogP) is 4.55. The molecule has 1 saturated carbocycles. The van der Waals surface area contributed by atoms with Crippen LogP contribution in [0.4, 0.5) is 14.5 Å². The van der Waals surface area contributed by atoms with Crippen LogP contribution in [0.5, 0.6) is 0 Å². The van der Waals surface area contributed by atoms with E-state index < -0.39 is 11.6 Å². The largest absolute Gasteiger partial charge is 0.323 e. The molecule has 1 spiro atoms. The summed E-state index contributed by atoms with van der Waals surface area (Å²) in [7, 11) is 1.66. The number of amides is 1. The Bertz CT molecular complexity index is 1040. The van der Waals surface area contributed by atoms with Gasteiger partial charge in [0.05, 0.1) is 11.7 Å². The van der Waals surface area contributed by atoms with Crippen molar-refractivity contribution in [2.75, 3.05) is 11.9 Å². The van der Waals surface area contributed by atoms with Gasteiger partial charge < -0.3 is 15.2 Å². The Morgan fingerprint density at radius 2 is 1.82 bits per heavy atom. The fourth-order valence-electron chi connectivity index (χ4n) is 5.77. The smallest absolute Gasteiger partial charge is 0.250 e. The summed E-state index contributed by atoms with van der Waals surface area (Å²) in [5.74, 6) is -1.46. The summed E-state index contributed by atoms with van der Waals surface area (Å²) in [4.78, 5) is 25.1. The van der Waals surface area contributed by atoms with E-state index in [-0.39, 0.29) is 28.8 Å². The maximum Gasteiger partial charge on any atom is 0.250 e. The van der Waals surface area contributed by atoms with Gasteiger partial charge in [-0.25, -0.2) is 8.78 Å². The number of hydrogen-bond acceptors (Lipinski definition) is 3. The number of aryl methyl sites for hydroxylation is 1. The molecule has 7 heteroatoms. The molecule has 0 radical (unpaired) electrons. The molecule has 4 rings (SSSR count). The molecule has 1 aliphatic heterocycles. The number of carbonyl (C=O) groups excluding carboxylic acids is 1. The Morgan fingerprint density at radius 1 is 1.09 bits per heavy atom. The van der Waals surface area contributed by atoms with Crippen LogP contribution in [0, 0.1) is 23.0 Å². The molecule has 2 aromatic rings. The number of hydrogen-bond donors (Lipinski definition) is 2. The first-order valence-corrected chi connectivity index (χ1v) is 12.0. The van der Waals surface area contributed by atoms with Crippen molar-refractivity contribution >= 4 is 11.6 Å². The molecule has 2 heterocycles. The number of pyridine rings is 1. The lowest BCUT2D eigenvalue weighted by molar-refractivity contribution is -0.123. The number of rotatable bonds is 4. The van der Waals surface area contributed by atoms with Crippen LogP contribution in [0.25, 0.3) is 0 Å². The van der Waals surface area contributed by atoms with Crippen molar-refractivity contribution in [1.29, 1.82) is 0 Å². The van der Waals surface area contributed by atoms with Gasteiger partial charge in [-0.3, -0.25) is 9.59 Å². The first kappa shape index (κ1) is 23.6. The summed E-state index contributed by atoms with van der Waals surface area (Å²) in [6, 6.07) is 6.90. The molecule has 1 saturated heterocycles. The van der Waals surface area contributed by atoms with E-state index in [2.05, 4.69) is 10.6 Å². The summed E-state index contributed by atoms with van der Waals surface area (Å²) >= 11 is 0. The maximum absolute atomic E-state index is 13.7. The number of nitrogens with zero attached hydrogens (tertiary/aromatic N) is 1. The molecule has 2 N–H and O–H groups in total. The lowest BCUT2D eigenvalue weighted by atomic mass is 9.63. The van der Waals surface area contributed by atoms with Crippen molar-refractivity contribution < 1.29 is 13.6 Å². The minimum atomic E-state index is -0.827. The number of benzene rings is 1. The van der Waals surface area contributed by atoms with Crippen LogP contribution in [-0.4, -0.2) is 23.1 Å². The number of nitrogens with one attached hydrogen (secondary N) is 2. The van der Waals surface area contributed by atoms with Gasteiger partial charge in [-0.1, -0.05) is 38.2 Å². The molecule has 2 fully saturated rings. The van der Waals surface area contributed by atoms with Gasteiger partial charge in [0.15, 0.2) is 11.6 Å². The fourth-order valence-corrected chi connectivity index (χ4v) is 5.77. The zero-order chi connectivity index (χ0) is 23.4. The molecule has 2 aliphatic rings. The number of halogens is 2. The Hall–Kier alpha value is -2.54. The molecule has 5 nitrogen and oxygen atoms in total. The van der Waals surface area contributed by atoms with Crippen LogP contribution < -0.4 is 16.2 Å². The summed E-state index contributed by atoms with van der Waals surface area (Å²) in [5, 5.41) is 6.53. The first-order valence-electron chi connectivity index (χ1n) is 12.0. The zero-order valence-corrected chi connectivity index (χ0v) is 19.2. The van der Waals surface area contributed by atoms with Gasteiger partial charge in [-0.2, -0.15) is 0 Å². The standard InChI is InChI=1S/C26H33F2N3O2/c1-31-17-20(8-10-23(31)32)30-25(33)24-26(11-5-3-2-4-6-12-26)15-19(16-29-24)13-18-7-9-21(27)22(28)14-18/h7-10,14,17,19,24,29H,2-6,11-13,15-16H2,1H3,(H,30,33). The molecule has 0 bridgehead atoms. The molecule has 1 aromatic heterocycles. The van der Waals surface area contributed by atoms with Gasteiger partial charge in [0.1, 0.15) is 0 Å². The quantitative estimate of drug-likeness (QED) is 0.708. The minimum Gasteiger partial charge on any atom is -0.323 e. The van der Waals surface area contributed by atoms with Crippen molar-refractivity contribution in [3.05, 3.63) is 64.1 Å². The van der Waals surface area contributed by atoms with Crippen molar-refractivity contribution in [3.8, 4) is 0 Å². The molecular formula is C26H33F2N3O2. The SMILES string of the molecule is Cn1cc(NC(=O)C2NCC(Cc3ccc(F)c(F)c3)CC23CCCCCCC3)ccc1=O. The normalized spacial score (nSPS) is 23.0. The lowest BCUT2D eigenvalue weighted by Crippen LogP contribution is -2.59. The number of piperidine rings is 1. The van der Waals surface area contributed by atoms with Gasteiger partial charge in [0, 0.05) is 19.3 Å². The topological polar surface area (TPSA) is 63.1 Å². The molecule has 1 aliphatic carbocycles. The molecular weight excluding hydrogens is 424 g/mol. The van der Waals surface area contributed by atoms with Gasteiger partial charge >= 0.3 is 0 Å². The third-order valence-corrected chi connectivity index (χ3v) is 7.39. The lowest BCUT2D eigenvalue weighted by Gasteiger charge is -2.48. The van der Waals surface area contributed by atoms with E-state index in [4.69, 9.17) is 0 Å². The Labute approximate surface area is 193 Å². The number of anilines is 1. The van der Waals surface area contributed by atoms with Crippen LogP contribution in [0.3, 0.4) is 0 Å². The molecule has 2 unspecified atom stereocenters. The van der Waals surface area contributed by atoms with E-state index in [1.54, 1.807) is 25.4 Å². The van der Waals surface area contributed by atoms with Gasteiger partial charge in [-0.05, 0) is 67.3 Å². The van der Waals surface area contributed by atoms with Crippen molar-refractivity contribution in [2.24, 2.45) is 18.4 Å². The zero-order valence-electron chi connectivity index (χ0n) is 19.2. The molecule has 1 amide bonds. The van der Waals surface area contributed by atoms with Crippen LogP contribution in [0.2, 0.25) is 0 Å². The van der Waals surface area contributed by atoms with E-state index in [1.165, 1.54) is 42.0 Å². The van der Waals surface area contributed by atoms with Crippen LogP contribution in [0.1, 0.15) is 56.9 Å². The van der Waals surface area contributed by atoms with E-state index in [0.717, 1.165) is 37.7 Å². The van der Waals surface area contributed by atoms with Crippen molar-refractivity contribution in [3.63, 3.8) is 0 Å². The molecule has 33 heavy (non-hydrogen) atoms. The van der Waals surface area contributed by atoms with E-state index in [0.29, 0.717) is 18.7 Å². The van der Waals surface area contributed by atoms with Crippen molar-refractivity contribution in [1.82, 2.24) is 9.88 Å². The molecule has 178 valence electrons. The third kappa shape index (κ3) is 5.52. The molecule has 1 aromatic carbocycles. The van der Waals surface area contributed by atoms with Crippen molar-refractivity contribution in [2.45, 2.75) is 63.8 Å². The van der Waals surface area contributed by atoms with E-state index >= 15 is 0 Å². The average molecular weight is 458 g/mol. The van der Waals surface area contributed by atoms with Crippen LogP contribution in [-0.2, 0) is 18.3 Å². The summed E-state index contributed by atoms with van der Waals surface area (Å²) in [5.41, 5.74) is 1.09. The third-order valence-electron chi connectivity index (χ3n) is 7.39. The number of aromatic nitrogens is 1. The van der Waals surface area contributed by atoms with E-state index in [9.17, 15) is 18.4 Å². The van der Waals surface area contributed by atoms with E-state index in [1.807, 2.05) is 0 Å². The monoisotopic (exact) mass is 457 g/mol. The Morgan fingerprint density at radius 3 is 2.52 bits per heavy atom. The summed E-state index contributed by atoms with van der Waals surface area (Å²) < 4.78 is 28.6. The maximum atomic E-state index is 13.7. The molecule has 2 atom stereocenters. The van der Waals surface area contributed by atoms with Gasteiger partial charge in [0.25, 0.3) is 0 Å². The number of carbonyl (C=O) groups is 1. The highest BCUT2D eigenvalue weighted by Crippen LogP contribution is 2.45. The average Bonchev–Trinajstić information content (AvgIpc) is 2.76. The highest BCUT2D eigenvalue weighted by Gasteiger charge is 2.46. The Balaban J connectivity index is 1.54. The predicted molar refractivity (Wildman–Crippen MR) is 125 cm³/mol. The first-order chi connectivity index (χ1) is 15.9. The summed E-state index contributed by atoms with van der Waals surface area (Å²) in [6.07, 6.45) is 10.9. The van der Waals surface area contributed by atoms with Crippen LogP contribution >= 0.6 is 0 Å². The van der Waals surface area contributed by atoms with Crippen LogP contribution in [0.15, 0.2) is 41.3 Å². The second-order valence-corrected chi connectivity index (χ2v) is 9.85.